The van der Waals surface area contributed by atoms with Crippen LogP contribution in [0.1, 0.15) is 78.5 Å². The Labute approximate surface area is 119 Å². The highest BCUT2D eigenvalue weighted by molar-refractivity contribution is 5.50. The summed E-state index contributed by atoms with van der Waals surface area (Å²) in [5, 5.41) is 0. The number of unbranched alkanes of at least 4 members (excludes halogenated alkanes) is 3. The molecule has 1 heteroatoms. The molecule has 2 N–H and O–H groups in total. The fraction of sp³-hybridized carbons (Fsp3) is 0.667. The zero-order valence-electron chi connectivity index (χ0n) is 13.7. The van der Waals surface area contributed by atoms with Crippen LogP contribution in [0.5, 0.6) is 0 Å². The largest absolute Gasteiger partial charge is 0.324 e. The van der Waals surface area contributed by atoms with Gasteiger partial charge in [0.2, 0.25) is 0 Å². The van der Waals surface area contributed by atoms with Crippen LogP contribution >= 0.6 is 0 Å². The molecule has 0 radical (unpaired) electrons. The third kappa shape index (κ3) is 3.60. The van der Waals surface area contributed by atoms with Gasteiger partial charge in [0.05, 0.1) is 0 Å². The van der Waals surface area contributed by atoms with Crippen LogP contribution in [0, 0.1) is 34.6 Å². The van der Waals surface area contributed by atoms with Crippen molar-refractivity contribution in [2.45, 2.75) is 79.7 Å². The molecular weight excluding hydrogens is 230 g/mol. The average molecular weight is 261 g/mol. The number of hydrogen-bond acceptors (Lipinski definition) is 1. The van der Waals surface area contributed by atoms with E-state index in [0.29, 0.717) is 0 Å². The summed E-state index contributed by atoms with van der Waals surface area (Å²) in [7, 11) is 0. The summed E-state index contributed by atoms with van der Waals surface area (Å²) in [5.74, 6) is 0. The van der Waals surface area contributed by atoms with Crippen LogP contribution in [0.3, 0.4) is 0 Å². The summed E-state index contributed by atoms with van der Waals surface area (Å²) in [6.45, 7) is 13.4. The van der Waals surface area contributed by atoms with Crippen molar-refractivity contribution in [3.63, 3.8) is 0 Å². The Morgan fingerprint density at radius 2 is 1.21 bits per heavy atom. The van der Waals surface area contributed by atoms with Crippen LogP contribution < -0.4 is 5.73 Å². The average Bonchev–Trinajstić information content (AvgIpc) is 2.39. The summed E-state index contributed by atoms with van der Waals surface area (Å²) in [6, 6.07) is 0.204. The van der Waals surface area contributed by atoms with E-state index in [-0.39, 0.29) is 6.04 Å². The van der Waals surface area contributed by atoms with E-state index < -0.39 is 0 Å². The second-order valence-corrected chi connectivity index (χ2v) is 5.99. The molecule has 1 rings (SSSR count). The van der Waals surface area contributed by atoms with Gasteiger partial charge in [0.25, 0.3) is 0 Å². The summed E-state index contributed by atoms with van der Waals surface area (Å²) in [6.07, 6.45) is 6.29. The molecule has 0 spiro atoms. The lowest BCUT2D eigenvalue weighted by molar-refractivity contribution is 0.562. The smallest absolute Gasteiger partial charge is 0.0300 e. The van der Waals surface area contributed by atoms with Crippen LogP contribution in [0.25, 0.3) is 0 Å². The van der Waals surface area contributed by atoms with Crippen molar-refractivity contribution < 1.29 is 0 Å². The van der Waals surface area contributed by atoms with Crippen LogP contribution in [0.15, 0.2) is 0 Å². The lowest BCUT2D eigenvalue weighted by Crippen LogP contribution is -2.15. The van der Waals surface area contributed by atoms with Crippen molar-refractivity contribution in [2.75, 3.05) is 0 Å². The lowest BCUT2D eigenvalue weighted by Gasteiger charge is -2.23. The Morgan fingerprint density at radius 1 is 0.737 bits per heavy atom. The third-order valence-electron chi connectivity index (χ3n) is 4.80. The van der Waals surface area contributed by atoms with Gasteiger partial charge in [0.15, 0.2) is 0 Å². The Bertz CT molecular complexity index is 403. The maximum Gasteiger partial charge on any atom is 0.0300 e. The van der Waals surface area contributed by atoms with Crippen LogP contribution in [0.2, 0.25) is 0 Å². The summed E-state index contributed by atoms with van der Waals surface area (Å²) >= 11 is 0. The van der Waals surface area contributed by atoms with E-state index >= 15 is 0 Å². The second-order valence-electron chi connectivity index (χ2n) is 5.99. The van der Waals surface area contributed by atoms with Gasteiger partial charge in [-0.25, -0.2) is 0 Å². The van der Waals surface area contributed by atoms with Gasteiger partial charge in [-0.1, -0.05) is 32.6 Å². The van der Waals surface area contributed by atoms with Gasteiger partial charge in [-0.05, 0) is 74.4 Å². The predicted octanol–water partition coefficient (Wildman–Crippen LogP) is 5.20. The van der Waals surface area contributed by atoms with Crippen molar-refractivity contribution in [1.82, 2.24) is 0 Å². The minimum absolute atomic E-state index is 0.204. The Morgan fingerprint density at radius 3 is 1.68 bits per heavy atom. The molecule has 0 aliphatic rings. The van der Waals surface area contributed by atoms with E-state index in [0.717, 1.165) is 6.42 Å². The molecule has 0 fully saturated rings. The highest BCUT2D eigenvalue weighted by atomic mass is 14.6. The molecule has 1 aromatic carbocycles. The first-order valence-corrected chi connectivity index (χ1v) is 7.74. The molecule has 0 saturated carbocycles. The number of benzene rings is 1. The molecule has 0 aliphatic carbocycles. The maximum atomic E-state index is 6.47. The van der Waals surface area contributed by atoms with Crippen molar-refractivity contribution >= 4 is 0 Å². The first-order chi connectivity index (χ1) is 8.91. The summed E-state index contributed by atoms with van der Waals surface area (Å²) in [5.41, 5.74) is 14.9. The van der Waals surface area contributed by atoms with Crippen LogP contribution in [0.4, 0.5) is 0 Å². The quantitative estimate of drug-likeness (QED) is 0.700. The van der Waals surface area contributed by atoms with Crippen molar-refractivity contribution in [3.05, 3.63) is 33.4 Å². The molecule has 0 aliphatic heterocycles. The third-order valence-corrected chi connectivity index (χ3v) is 4.80. The number of rotatable bonds is 6. The van der Waals surface area contributed by atoms with Gasteiger partial charge < -0.3 is 5.73 Å². The van der Waals surface area contributed by atoms with Gasteiger partial charge in [0.1, 0.15) is 0 Å². The topological polar surface area (TPSA) is 26.0 Å². The molecule has 0 saturated heterocycles. The SMILES string of the molecule is CCCCCCC(N)c1c(C)c(C)c(C)c(C)c1C. The van der Waals surface area contributed by atoms with E-state index in [1.807, 2.05) is 0 Å². The molecule has 0 amide bonds. The fourth-order valence-corrected chi connectivity index (χ4v) is 3.02. The standard InChI is InChI=1S/C18H31N/c1-7-8-9-10-11-17(19)18-15(5)13(3)12(2)14(4)16(18)6/h17H,7-11,19H2,1-6H3. The zero-order chi connectivity index (χ0) is 14.6. The van der Waals surface area contributed by atoms with Crippen LogP contribution in [-0.2, 0) is 0 Å². The van der Waals surface area contributed by atoms with Gasteiger partial charge in [-0.3, -0.25) is 0 Å². The van der Waals surface area contributed by atoms with Crippen molar-refractivity contribution in [1.29, 1.82) is 0 Å². The minimum Gasteiger partial charge on any atom is -0.324 e. The summed E-state index contributed by atoms with van der Waals surface area (Å²) in [4.78, 5) is 0. The maximum absolute atomic E-state index is 6.47. The lowest BCUT2D eigenvalue weighted by atomic mass is 9.85. The van der Waals surface area contributed by atoms with E-state index in [1.54, 1.807) is 0 Å². The van der Waals surface area contributed by atoms with Gasteiger partial charge in [-0.15, -0.1) is 0 Å². The summed E-state index contributed by atoms with van der Waals surface area (Å²) < 4.78 is 0. The second kappa shape index (κ2) is 7.09. The van der Waals surface area contributed by atoms with Gasteiger partial charge >= 0.3 is 0 Å². The monoisotopic (exact) mass is 261 g/mol. The predicted molar refractivity (Wildman–Crippen MR) is 85.8 cm³/mol. The molecule has 1 nitrogen and oxygen atoms in total. The van der Waals surface area contributed by atoms with Crippen LogP contribution in [-0.4, -0.2) is 0 Å². The molecule has 0 aromatic heterocycles. The number of nitrogens with two attached hydrogens (primary N) is 1. The molecule has 19 heavy (non-hydrogen) atoms. The zero-order valence-corrected chi connectivity index (χ0v) is 13.7. The van der Waals surface area contributed by atoms with E-state index in [9.17, 15) is 0 Å². The molecule has 0 heterocycles. The van der Waals surface area contributed by atoms with Gasteiger partial charge in [0, 0.05) is 6.04 Å². The van der Waals surface area contributed by atoms with Crippen molar-refractivity contribution in [2.24, 2.45) is 5.73 Å². The molecule has 1 atom stereocenters. The van der Waals surface area contributed by atoms with E-state index in [1.165, 1.54) is 59.1 Å². The molecule has 1 aromatic rings. The first-order valence-electron chi connectivity index (χ1n) is 7.74. The molecular formula is C18H31N. The Balaban J connectivity index is 2.94. The van der Waals surface area contributed by atoms with E-state index in [4.69, 9.17) is 5.73 Å². The Kier molecular flexibility index (Phi) is 6.06. The van der Waals surface area contributed by atoms with Crippen molar-refractivity contribution in [3.8, 4) is 0 Å². The molecule has 108 valence electrons. The fourth-order valence-electron chi connectivity index (χ4n) is 3.02. The van der Waals surface area contributed by atoms with E-state index in [2.05, 4.69) is 41.5 Å². The molecule has 0 bridgehead atoms. The highest BCUT2D eigenvalue weighted by Gasteiger charge is 2.17. The molecule has 1 unspecified atom stereocenters. The Hall–Kier alpha value is -0.820. The first kappa shape index (κ1) is 16.2. The number of hydrogen-bond donors (Lipinski definition) is 1. The normalized spacial score (nSPS) is 12.8. The highest BCUT2D eigenvalue weighted by Crippen LogP contribution is 2.31. The minimum atomic E-state index is 0.204. The van der Waals surface area contributed by atoms with Gasteiger partial charge in [-0.2, -0.15) is 0 Å².